The summed E-state index contributed by atoms with van der Waals surface area (Å²) in [6, 6.07) is 17.3. The van der Waals surface area contributed by atoms with Gasteiger partial charge in [-0.05, 0) is 35.4 Å². The van der Waals surface area contributed by atoms with Crippen molar-refractivity contribution in [3.63, 3.8) is 0 Å². The minimum atomic E-state index is -0.321. The van der Waals surface area contributed by atoms with Crippen LogP contribution in [0.3, 0.4) is 0 Å². The highest BCUT2D eigenvalue weighted by molar-refractivity contribution is 6.07. The van der Waals surface area contributed by atoms with Crippen molar-refractivity contribution in [2.24, 2.45) is 16.1 Å². The summed E-state index contributed by atoms with van der Waals surface area (Å²) in [6.07, 6.45) is 5.33. The topological polar surface area (TPSA) is 54.3 Å². The number of hydrogen-bond acceptors (Lipinski definition) is 4. The summed E-state index contributed by atoms with van der Waals surface area (Å²) >= 11 is 0. The first-order chi connectivity index (χ1) is 12.3. The normalized spacial score (nSPS) is 21.7. The fraction of sp³-hybridized carbons (Fsp3) is 0.150. The summed E-state index contributed by atoms with van der Waals surface area (Å²) in [4.78, 5) is 15.0. The van der Waals surface area contributed by atoms with Crippen molar-refractivity contribution in [1.82, 2.24) is 0 Å². The average molecular weight is 331 g/mol. The number of hydrogen-bond donors (Lipinski definition) is 0. The molecule has 25 heavy (non-hydrogen) atoms. The molecule has 0 bridgehead atoms. The Kier molecular flexibility index (Phi) is 3.90. The lowest BCUT2D eigenvalue weighted by molar-refractivity contribution is -0.120. The standard InChI is InChI=1S/C20H17N3O2/c1-25-17-9-7-16(8-10-17)23-13-15-11-21-22-12-18(15)19(20(23)24)14-5-3-2-4-6-14/h2-13,18-19H,1H3. The second-order valence-corrected chi connectivity index (χ2v) is 5.96. The average Bonchev–Trinajstić information content (AvgIpc) is 2.68. The van der Waals surface area contributed by atoms with E-state index in [1.54, 1.807) is 24.4 Å². The van der Waals surface area contributed by atoms with Gasteiger partial charge in [-0.3, -0.25) is 9.69 Å². The van der Waals surface area contributed by atoms with Gasteiger partial charge in [0.25, 0.3) is 0 Å². The number of carbonyl (C=O) groups is 1. The van der Waals surface area contributed by atoms with Gasteiger partial charge in [-0.25, -0.2) is 0 Å². The Morgan fingerprint density at radius 1 is 1.00 bits per heavy atom. The SMILES string of the molecule is COc1ccc(N2C=C3C=NN=CC3C(c3ccccc3)C2=O)cc1. The Morgan fingerprint density at radius 3 is 2.48 bits per heavy atom. The van der Waals surface area contributed by atoms with Crippen molar-refractivity contribution in [1.29, 1.82) is 0 Å². The number of anilines is 1. The Morgan fingerprint density at radius 2 is 1.76 bits per heavy atom. The zero-order chi connectivity index (χ0) is 17.2. The molecule has 1 amide bonds. The second-order valence-electron chi connectivity index (χ2n) is 5.96. The molecule has 0 aliphatic carbocycles. The van der Waals surface area contributed by atoms with E-state index in [1.165, 1.54) is 0 Å². The molecule has 2 aliphatic rings. The molecule has 2 aromatic carbocycles. The highest BCUT2D eigenvalue weighted by atomic mass is 16.5. The van der Waals surface area contributed by atoms with Gasteiger partial charge in [0.1, 0.15) is 5.75 Å². The van der Waals surface area contributed by atoms with Gasteiger partial charge in [0, 0.05) is 24.0 Å². The Balaban J connectivity index is 1.79. The first-order valence-electron chi connectivity index (χ1n) is 8.08. The van der Waals surface area contributed by atoms with Gasteiger partial charge in [0.05, 0.1) is 19.2 Å². The number of ether oxygens (including phenoxy) is 1. The smallest absolute Gasteiger partial charge is 0.239 e. The van der Waals surface area contributed by atoms with Crippen molar-refractivity contribution < 1.29 is 9.53 Å². The molecule has 5 heteroatoms. The monoisotopic (exact) mass is 331 g/mol. The van der Waals surface area contributed by atoms with Crippen molar-refractivity contribution in [2.75, 3.05) is 12.0 Å². The van der Waals surface area contributed by atoms with Crippen LogP contribution in [0, 0.1) is 5.92 Å². The summed E-state index contributed by atoms with van der Waals surface area (Å²) in [6.45, 7) is 0. The van der Waals surface area contributed by atoms with E-state index in [-0.39, 0.29) is 17.7 Å². The number of benzene rings is 2. The van der Waals surface area contributed by atoms with Gasteiger partial charge < -0.3 is 4.74 Å². The van der Waals surface area contributed by atoms with Crippen molar-refractivity contribution in [2.45, 2.75) is 5.92 Å². The maximum Gasteiger partial charge on any atom is 0.239 e. The molecule has 2 aromatic rings. The first kappa shape index (κ1) is 15.3. The fourth-order valence-electron chi connectivity index (χ4n) is 3.25. The Bertz CT molecular complexity index is 870. The number of rotatable bonds is 3. The number of methoxy groups -OCH3 is 1. The first-order valence-corrected chi connectivity index (χ1v) is 8.08. The van der Waals surface area contributed by atoms with Crippen LogP contribution in [-0.4, -0.2) is 25.4 Å². The van der Waals surface area contributed by atoms with Gasteiger partial charge in [-0.15, -0.1) is 0 Å². The molecule has 124 valence electrons. The highest BCUT2D eigenvalue weighted by Crippen LogP contribution is 2.37. The van der Waals surface area contributed by atoms with Crippen LogP contribution >= 0.6 is 0 Å². The van der Waals surface area contributed by atoms with Gasteiger partial charge in [-0.2, -0.15) is 10.2 Å². The number of amides is 1. The summed E-state index contributed by atoms with van der Waals surface area (Å²) in [5.41, 5.74) is 2.75. The van der Waals surface area contributed by atoms with E-state index in [9.17, 15) is 4.79 Å². The molecule has 2 aliphatic heterocycles. The van der Waals surface area contributed by atoms with E-state index in [4.69, 9.17) is 4.74 Å². The van der Waals surface area contributed by atoms with Crippen molar-refractivity contribution in [3.8, 4) is 5.75 Å². The van der Waals surface area contributed by atoms with Gasteiger partial charge in [0.15, 0.2) is 0 Å². The molecular weight excluding hydrogens is 314 g/mol. The predicted molar refractivity (Wildman–Crippen MR) is 98.2 cm³/mol. The molecule has 0 aromatic heterocycles. The van der Waals surface area contributed by atoms with Gasteiger partial charge >= 0.3 is 0 Å². The quantitative estimate of drug-likeness (QED) is 0.865. The highest BCUT2D eigenvalue weighted by Gasteiger charge is 2.39. The molecule has 2 heterocycles. The van der Waals surface area contributed by atoms with Crippen molar-refractivity contribution in [3.05, 3.63) is 71.9 Å². The van der Waals surface area contributed by atoms with Gasteiger partial charge in [0.2, 0.25) is 5.91 Å². The van der Waals surface area contributed by atoms with Crippen LogP contribution in [-0.2, 0) is 4.79 Å². The third-order valence-corrected chi connectivity index (χ3v) is 4.54. The van der Waals surface area contributed by atoms with E-state index >= 15 is 0 Å². The molecule has 2 unspecified atom stereocenters. The van der Waals surface area contributed by atoms with Crippen LogP contribution in [0.25, 0.3) is 0 Å². The Hall–Kier alpha value is -3.21. The number of nitrogens with zero attached hydrogens (tertiary/aromatic N) is 3. The lowest BCUT2D eigenvalue weighted by Crippen LogP contribution is -2.41. The molecule has 2 atom stereocenters. The zero-order valence-corrected chi connectivity index (χ0v) is 13.7. The van der Waals surface area contributed by atoms with E-state index in [2.05, 4.69) is 10.2 Å². The fourth-order valence-corrected chi connectivity index (χ4v) is 3.25. The Labute approximate surface area is 146 Å². The number of fused-ring (bicyclic) bond motifs is 1. The second kappa shape index (κ2) is 6.36. The minimum absolute atomic E-state index is 0.0202. The van der Waals surface area contributed by atoms with Crippen LogP contribution < -0.4 is 9.64 Å². The summed E-state index contributed by atoms with van der Waals surface area (Å²) in [5, 5.41) is 8.00. The minimum Gasteiger partial charge on any atom is -0.497 e. The van der Waals surface area contributed by atoms with Crippen molar-refractivity contribution >= 4 is 24.0 Å². The molecule has 0 radical (unpaired) electrons. The lowest BCUT2D eigenvalue weighted by Gasteiger charge is -2.35. The molecule has 5 nitrogen and oxygen atoms in total. The molecular formula is C20H17N3O2. The lowest BCUT2D eigenvalue weighted by atomic mass is 9.79. The van der Waals surface area contributed by atoms with Crippen LogP contribution in [0.15, 0.2) is 76.6 Å². The molecule has 4 rings (SSSR count). The molecule has 0 saturated heterocycles. The zero-order valence-electron chi connectivity index (χ0n) is 13.7. The molecule has 0 saturated carbocycles. The number of carbonyl (C=O) groups excluding carboxylic acids is 1. The summed E-state index contributed by atoms with van der Waals surface area (Å²) in [5.74, 6) is 0.359. The van der Waals surface area contributed by atoms with Crippen LogP contribution in [0.2, 0.25) is 0 Å². The van der Waals surface area contributed by atoms with E-state index < -0.39 is 0 Å². The van der Waals surface area contributed by atoms with E-state index in [0.717, 1.165) is 22.6 Å². The summed E-state index contributed by atoms with van der Waals surface area (Å²) in [7, 11) is 1.62. The largest absolute Gasteiger partial charge is 0.497 e. The van der Waals surface area contributed by atoms with E-state index in [1.807, 2.05) is 60.8 Å². The van der Waals surface area contributed by atoms with Gasteiger partial charge in [-0.1, -0.05) is 30.3 Å². The molecule has 0 fully saturated rings. The van der Waals surface area contributed by atoms with Crippen LogP contribution in [0.4, 0.5) is 5.69 Å². The third kappa shape index (κ3) is 2.74. The summed E-state index contributed by atoms with van der Waals surface area (Å²) < 4.78 is 5.20. The van der Waals surface area contributed by atoms with Crippen LogP contribution in [0.1, 0.15) is 11.5 Å². The van der Waals surface area contributed by atoms with E-state index in [0.29, 0.717) is 0 Å². The maximum absolute atomic E-state index is 13.3. The third-order valence-electron chi connectivity index (χ3n) is 4.54. The van der Waals surface area contributed by atoms with Crippen LogP contribution in [0.5, 0.6) is 5.75 Å². The maximum atomic E-state index is 13.3. The molecule has 0 N–H and O–H groups in total. The predicted octanol–water partition coefficient (Wildman–Crippen LogP) is 3.40. The molecule has 0 spiro atoms. The number of allylic oxidation sites excluding steroid dienone is 1.